The number of nitro groups is 1. The Labute approximate surface area is 90.6 Å². The van der Waals surface area contributed by atoms with Crippen LogP contribution in [0, 0.1) is 10.1 Å². The molecule has 0 bridgehead atoms. The molecule has 1 N–H and O–H groups in total. The van der Waals surface area contributed by atoms with Crippen molar-refractivity contribution in [1.82, 2.24) is 0 Å². The maximum atomic E-state index is 10.6. The molecule has 4 nitrogen and oxygen atoms in total. The molecule has 0 saturated heterocycles. The van der Waals surface area contributed by atoms with Crippen LogP contribution in [0.1, 0.15) is 13.3 Å². The molecule has 0 atom stereocenters. The van der Waals surface area contributed by atoms with Gasteiger partial charge in [-0.15, -0.1) is 0 Å². The quantitative estimate of drug-likeness (QED) is 0.667. The maximum Gasteiger partial charge on any atom is 0.285 e. The Bertz CT molecular complexity index is 342. The summed E-state index contributed by atoms with van der Waals surface area (Å²) in [6, 6.07) is 5.02. The number of hydrogen-bond donors (Lipinski definition) is 1. The van der Waals surface area contributed by atoms with Crippen LogP contribution in [-0.4, -0.2) is 11.5 Å². The number of anilines is 1. The van der Waals surface area contributed by atoms with Gasteiger partial charge in [-0.25, -0.2) is 0 Å². The molecular formula is C9H11BrN2O2. The van der Waals surface area contributed by atoms with Gasteiger partial charge in [-0.1, -0.05) is 6.92 Å². The van der Waals surface area contributed by atoms with Gasteiger partial charge in [0.25, 0.3) is 5.69 Å². The minimum Gasteiger partial charge on any atom is -0.385 e. The zero-order chi connectivity index (χ0) is 10.6. The molecule has 0 unspecified atom stereocenters. The SMILES string of the molecule is CCCNc1ccc(Br)c([N+](=O)[O-])c1. The molecular weight excluding hydrogens is 248 g/mol. The van der Waals surface area contributed by atoms with Crippen molar-refractivity contribution >= 4 is 27.3 Å². The fraction of sp³-hybridized carbons (Fsp3) is 0.333. The van der Waals surface area contributed by atoms with Crippen LogP contribution in [0.3, 0.4) is 0 Å². The van der Waals surface area contributed by atoms with Crippen LogP contribution < -0.4 is 5.32 Å². The minimum atomic E-state index is -0.402. The first-order valence-corrected chi connectivity index (χ1v) is 5.12. The number of halogens is 1. The number of rotatable bonds is 4. The summed E-state index contributed by atoms with van der Waals surface area (Å²) in [5.74, 6) is 0. The van der Waals surface area contributed by atoms with Crippen molar-refractivity contribution in [2.45, 2.75) is 13.3 Å². The Morgan fingerprint density at radius 3 is 2.86 bits per heavy atom. The molecule has 0 fully saturated rings. The second-order valence-electron chi connectivity index (χ2n) is 2.85. The van der Waals surface area contributed by atoms with E-state index >= 15 is 0 Å². The number of nitrogens with one attached hydrogen (secondary N) is 1. The molecule has 0 aliphatic carbocycles. The van der Waals surface area contributed by atoms with Crippen molar-refractivity contribution < 1.29 is 4.92 Å². The van der Waals surface area contributed by atoms with E-state index in [-0.39, 0.29) is 5.69 Å². The average molecular weight is 259 g/mol. The highest BCUT2D eigenvalue weighted by Crippen LogP contribution is 2.27. The summed E-state index contributed by atoms with van der Waals surface area (Å²) in [7, 11) is 0. The summed E-state index contributed by atoms with van der Waals surface area (Å²) in [4.78, 5) is 10.2. The van der Waals surface area contributed by atoms with E-state index in [1.165, 1.54) is 6.07 Å². The topological polar surface area (TPSA) is 55.2 Å². The Morgan fingerprint density at radius 1 is 1.57 bits per heavy atom. The normalized spacial score (nSPS) is 9.86. The van der Waals surface area contributed by atoms with E-state index in [2.05, 4.69) is 21.2 Å². The summed E-state index contributed by atoms with van der Waals surface area (Å²) >= 11 is 3.13. The van der Waals surface area contributed by atoms with Crippen molar-refractivity contribution in [1.29, 1.82) is 0 Å². The number of benzene rings is 1. The molecule has 0 aliphatic rings. The maximum absolute atomic E-state index is 10.6. The average Bonchev–Trinajstić information content (AvgIpc) is 2.16. The van der Waals surface area contributed by atoms with Crippen molar-refractivity contribution in [3.63, 3.8) is 0 Å². The lowest BCUT2D eigenvalue weighted by Crippen LogP contribution is -2.00. The van der Waals surface area contributed by atoms with E-state index in [1.54, 1.807) is 6.07 Å². The molecule has 1 aromatic carbocycles. The zero-order valence-electron chi connectivity index (χ0n) is 7.79. The van der Waals surface area contributed by atoms with Crippen molar-refractivity contribution in [3.05, 3.63) is 32.8 Å². The molecule has 1 aromatic rings. The number of nitro benzene ring substituents is 1. The fourth-order valence-electron chi connectivity index (χ4n) is 1.03. The van der Waals surface area contributed by atoms with Crippen molar-refractivity contribution in [2.24, 2.45) is 0 Å². The lowest BCUT2D eigenvalue weighted by molar-refractivity contribution is -0.385. The summed E-state index contributed by atoms with van der Waals surface area (Å²) in [5, 5.41) is 13.7. The lowest BCUT2D eigenvalue weighted by atomic mass is 10.3. The van der Waals surface area contributed by atoms with E-state index in [0.717, 1.165) is 18.7 Å². The van der Waals surface area contributed by atoms with Crippen LogP contribution in [0.4, 0.5) is 11.4 Å². The third kappa shape index (κ3) is 2.70. The van der Waals surface area contributed by atoms with Gasteiger partial charge < -0.3 is 5.32 Å². The monoisotopic (exact) mass is 258 g/mol. The molecule has 14 heavy (non-hydrogen) atoms. The molecule has 1 rings (SSSR count). The van der Waals surface area contributed by atoms with Gasteiger partial charge in [0.15, 0.2) is 0 Å². The Morgan fingerprint density at radius 2 is 2.29 bits per heavy atom. The molecule has 0 heterocycles. The number of nitrogens with zero attached hydrogens (tertiary/aromatic N) is 1. The standard InChI is InChI=1S/C9H11BrN2O2/c1-2-5-11-7-3-4-8(10)9(6-7)12(13)14/h3-4,6,11H,2,5H2,1H3. The first-order chi connectivity index (χ1) is 6.65. The van der Waals surface area contributed by atoms with Gasteiger partial charge in [0.1, 0.15) is 0 Å². The van der Waals surface area contributed by atoms with Crippen LogP contribution in [0.25, 0.3) is 0 Å². The largest absolute Gasteiger partial charge is 0.385 e. The van der Waals surface area contributed by atoms with Gasteiger partial charge in [-0.2, -0.15) is 0 Å². The molecule has 76 valence electrons. The van der Waals surface area contributed by atoms with Crippen LogP contribution in [0.15, 0.2) is 22.7 Å². The highest BCUT2D eigenvalue weighted by molar-refractivity contribution is 9.10. The fourth-order valence-corrected chi connectivity index (χ4v) is 1.42. The smallest absolute Gasteiger partial charge is 0.285 e. The van der Waals surface area contributed by atoms with Crippen molar-refractivity contribution in [2.75, 3.05) is 11.9 Å². The van der Waals surface area contributed by atoms with E-state index in [0.29, 0.717) is 4.47 Å². The molecule has 0 amide bonds. The Balaban J connectivity index is 2.89. The Kier molecular flexibility index (Phi) is 3.88. The minimum absolute atomic E-state index is 0.0890. The lowest BCUT2D eigenvalue weighted by Gasteiger charge is -2.04. The summed E-state index contributed by atoms with van der Waals surface area (Å²) in [5.41, 5.74) is 0.868. The summed E-state index contributed by atoms with van der Waals surface area (Å²) in [6.45, 7) is 2.86. The van der Waals surface area contributed by atoms with Crippen LogP contribution in [0.5, 0.6) is 0 Å². The van der Waals surface area contributed by atoms with Crippen molar-refractivity contribution in [3.8, 4) is 0 Å². The van der Waals surface area contributed by atoms with Gasteiger partial charge in [0, 0.05) is 18.3 Å². The van der Waals surface area contributed by atoms with E-state index in [9.17, 15) is 10.1 Å². The number of hydrogen-bond acceptors (Lipinski definition) is 3. The Hall–Kier alpha value is -1.10. The third-order valence-electron chi connectivity index (χ3n) is 1.72. The highest BCUT2D eigenvalue weighted by atomic mass is 79.9. The van der Waals surface area contributed by atoms with E-state index in [1.807, 2.05) is 13.0 Å². The van der Waals surface area contributed by atoms with Crippen LogP contribution in [0.2, 0.25) is 0 Å². The zero-order valence-corrected chi connectivity index (χ0v) is 9.37. The molecule has 0 saturated carbocycles. The van der Waals surface area contributed by atoms with Gasteiger partial charge in [0.05, 0.1) is 9.40 Å². The predicted molar refractivity (Wildman–Crippen MR) is 59.6 cm³/mol. The van der Waals surface area contributed by atoms with E-state index in [4.69, 9.17) is 0 Å². The molecule has 0 spiro atoms. The molecule has 0 aromatic heterocycles. The van der Waals surface area contributed by atoms with Crippen LogP contribution in [-0.2, 0) is 0 Å². The summed E-state index contributed by atoms with van der Waals surface area (Å²) < 4.78 is 0.504. The molecule has 0 radical (unpaired) electrons. The molecule has 0 aliphatic heterocycles. The third-order valence-corrected chi connectivity index (χ3v) is 2.39. The summed E-state index contributed by atoms with van der Waals surface area (Å²) in [6.07, 6.45) is 0.990. The second-order valence-corrected chi connectivity index (χ2v) is 3.70. The van der Waals surface area contributed by atoms with Gasteiger partial charge in [-0.05, 0) is 34.5 Å². The van der Waals surface area contributed by atoms with E-state index < -0.39 is 4.92 Å². The van der Waals surface area contributed by atoms with Crippen LogP contribution >= 0.6 is 15.9 Å². The highest BCUT2D eigenvalue weighted by Gasteiger charge is 2.11. The second kappa shape index (κ2) is 4.95. The van der Waals surface area contributed by atoms with Gasteiger partial charge in [-0.3, -0.25) is 10.1 Å². The van der Waals surface area contributed by atoms with Gasteiger partial charge >= 0.3 is 0 Å². The predicted octanol–water partition coefficient (Wildman–Crippen LogP) is 3.18. The van der Waals surface area contributed by atoms with Gasteiger partial charge in [0.2, 0.25) is 0 Å². The first-order valence-electron chi connectivity index (χ1n) is 4.33. The molecule has 5 heteroatoms. The first kappa shape index (κ1) is 11.0.